The number of benzene rings is 1. The highest BCUT2D eigenvalue weighted by molar-refractivity contribution is 7.86. The van der Waals surface area contributed by atoms with Crippen LogP contribution in [0.1, 0.15) is 10.4 Å². The molecule has 0 aliphatic carbocycles. The summed E-state index contributed by atoms with van der Waals surface area (Å²) < 4.78 is 35.1. The third kappa shape index (κ3) is 5.33. The number of aromatic nitrogens is 3. The first-order chi connectivity index (χ1) is 19.9. The summed E-state index contributed by atoms with van der Waals surface area (Å²) in [6, 6.07) is 12.5. The molecule has 0 saturated carbocycles. The van der Waals surface area contributed by atoms with E-state index < -0.39 is 10.2 Å². The normalized spacial score (nSPS) is 19.5. The van der Waals surface area contributed by atoms with Gasteiger partial charge in [0, 0.05) is 80.2 Å². The number of piperazine rings is 1. The van der Waals surface area contributed by atoms with Crippen LogP contribution in [0.3, 0.4) is 0 Å². The Hall–Kier alpha value is -3.07. The van der Waals surface area contributed by atoms with Crippen LogP contribution in [0.4, 0.5) is 17.3 Å². The number of hydrogen-bond acceptors (Lipinski definition) is 9. The van der Waals surface area contributed by atoms with Crippen molar-refractivity contribution in [2.45, 2.75) is 13.0 Å². The lowest BCUT2D eigenvalue weighted by atomic mass is 10.1. The molecule has 0 spiro atoms. The third-order valence-electron chi connectivity index (χ3n) is 8.07. The van der Waals surface area contributed by atoms with Crippen molar-refractivity contribution >= 4 is 49.9 Å². The number of thiophene rings is 1. The minimum absolute atomic E-state index is 0.372. The second-order valence-electron chi connectivity index (χ2n) is 10.8. The Labute approximate surface area is 243 Å². The molecule has 1 aromatic carbocycles. The molecule has 0 amide bonds. The number of likely N-dealkylation sites (N-methyl/N-ethyl adjacent to an activating group) is 1. The molecule has 216 valence electrons. The first-order valence-corrected chi connectivity index (χ1v) is 16.3. The number of fused-ring (bicyclic) bond motifs is 2. The summed E-state index contributed by atoms with van der Waals surface area (Å²) in [4.78, 5) is 20.0. The van der Waals surface area contributed by atoms with Gasteiger partial charge in [-0.1, -0.05) is 6.07 Å². The van der Waals surface area contributed by atoms with E-state index >= 15 is 0 Å². The van der Waals surface area contributed by atoms with Crippen LogP contribution in [0, 0.1) is 0 Å². The van der Waals surface area contributed by atoms with Crippen LogP contribution in [0.15, 0.2) is 42.6 Å². The van der Waals surface area contributed by atoms with Crippen LogP contribution in [-0.2, 0) is 27.9 Å². The number of nitrogens with zero attached hydrogens (tertiary/aromatic N) is 6. The van der Waals surface area contributed by atoms with Gasteiger partial charge in [-0.15, -0.1) is 11.3 Å². The van der Waals surface area contributed by atoms with Gasteiger partial charge in [-0.3, -0.25) is 0 Å². The largest absolute Gasteiger partial charge is 0.379 e. The molecule has 3 aromatic heterocycles. The standard InChI is InChI=1S/C28H34N8O3S2/c1-33-9-11-34(12-10-33)22-4-2-3-21(18-22)30-28-31-26(23-5-7-29-27(23)32-28)25-17-20-19-36(8-6-24(20)40-25)41(37,38)35-13-15-39-16-14-35/h2-5,7,17-18H,6,8-16,19H2,1H3,(H2,29,30,31,32). The van der Waals surface area contributed by atoms with Gasteiger partial charge in [0.15, 0.2) is 0 Å². The van der Waals surface area contributed by atoms with Crippen molar-refractivity contribution in [1.82, 2.24) is 28.5 Å². The topological polar surface area (TPSA) is 110 Å². The van der Waals surface area contributed by atoms with Gasteiger partial charge in [0.05, 0.1) is 23.8 Å². The summed E-state index contributed by atoms with van der Waals surface area (Å²) >= 11 is 1.69. The minimum Gasteiger partial charge on any atom is -0.379 e. The zero-order chi connectivity index (χ0) is 28.0. The SMILES string of the molecule is CN1CCN(c2cccc(Nc3nc(-c4cc5c(s4)CCN(S(=O)(=O)N4CCOCC4)C5)c4cc[nH]c4n3)c2)CC1. The van der Waals surface area contributed by atoms with Crippen LogP contribution in [0.25, 0.3) is 21.6 Å². The van der Waals surface area contributed by atoms with Crippen LogP contribution < -0.4 is 10.2 Å². The summed E-state index contributed by atoms with van der Waals surface area (Å²) in [5.74, 6) is 0.522. The first kappa shape index (κ1) is 26.8. The van der Waals surface area contributed by atoms with Crippen molar-refractivity contribution in [2.75, 3.05) is 76.3 Å². The number of morpholine rings is 1. The highest BCUT2D eigenvalue weighted by Gasteiger charge is 2.34. The zero-order valence-corrected chi connectivity index (χ0v) is 24.7. The maximum Gasteiger partial charge on any atom is 0.282 e. The van der Waals surface area contributed by atoms with Crippen LogP contribution in [0.2, 0.25) is 0 Å². The highest BCUT2D eigenvalue weighted by Crippen LogP contribution is 2.38. The molecule has 2 fully saturated rings. The molecule has 0 radical (unpaired) electrons. The molecular formula is C28H34N8O3S2. The van der Waals surface area contributed by atoms with Crippen molar-refractivity contribution in [1.29, 1.82) is 0 Å². The van der Waals surface area contributed by atoms with Gasteiger partial charge in [0.25, 0.3) is 10.2 Å². The Morgan fingerprint density at radius 1 is 0.976 bits per heavy atom. The van der Waals surface area contributed by atoms with E-state index in [-0.39, 0.29) is 0 Å². The van der Waals surface area contributed by atoms with Gasteiger partial charge in [0.1, 0.15) is 5.65 Å². The number of rotatable bonds is 6. The van der Waals surface area contributed by atoms with Gasteiger partial charge in [-0.25, -0.2) is 4.98 Å². The molecule has 3 aliphatic rings. The van der Waals surface area contributed by atoms with Crippen LogP contribution in [-0.4, -0.2) is 103 Å². The first-order valence-electron chi connectivity index (χ1n) is 14.0. The van der Waals surface area contributed by atoms with Gasteiger partial charge in [0.2, 0.25) is 5.95 Å². The second kappa shape index (κ2) is 11.0. The van der Waals surface area contributed by atoms with E-state index in [0.29, 0.717) is 51.8 Å². The Morgan fingerprint density at radius 2 is 1.80 bits per heavy atom. The van der Waals surface area contributed by atoms with E-state index in [4.69, 9.17) is 14.7 Å². The van der Waals surface area contributed by atoms with E-state index in [2.05, 4.69) is 51.4 Å². The lowest BCUT2D eigenvalue weighted by Gasteiger charge is -2.34. The number of hydrogen-bond donors (Lipinski definition) is 2. The van der Waals surface area contributed by atoms with Crippen molar-refractivity contribution < 1.29 is 13.2 Å². The van der Waals surface area contributed by atoms with Gasteiger partial charge in [-0.05, 0) is 49.4 Å². The summed E-state index contributed by atoms with van der Waals surface area (Å²) in [7, 11) is -1.36. The predicted octanol–water partition coefficient (Wildman–Crippen LogP) is 3.12. The molecule has 41 heavy (non-hydrogen) atoms. The molecule has 7 rings (SSSR count). The predicted molar refractivity (Wildman–Crippen MR) is 162 cm³/mol. The Balaban J connectivity index is 1.15. The van der Waals surface area contributed by atoms with E-state index in [1.54, 1.807) is 19.9 Å². The number of ether oxygens (including phenoxy) is 1. The van der Waals surface area contributed by atoms with Crippen molar-refractivity contribution in [3.05, 3.63) is 53.0 Å². The summed E-state index contributed by atoms with van der Waals surface area (Å²) in [5, 5.41) is 4.37. The van der Waals surface area contributed by atoms with Crippen molar-refractivity contribution in [3.8, 4) is 10.6 Å². The fourth-order valence-electron chi connectivity index (χ4n) is 5.72. The van der Waals surface area contributed by atoms with Crippen molar-refractivity contribution in [2.24, 2.45) is 0 Å². The third-order valence-corrected chi connectivity index (χ3v) is 11.3. The summed E-state index contributed by atoms with van der Waals surface area (Å²) in [6.45, 7) is 6.65. The minimum atomic E-state index is -3.52. The van der Waals surface area contributed by atoms with E-state index in [0.717, 1.165) is 59.0 Å². The number of H-pyrrole nitrogens is 1. The molecule has 4 aromatic rings. The van der Waals surface area contributed by atoms with Crippen LogP contribution in [0.5, 0.6) is 0 Å². The fourth-order valence-corrected chi connectivity index (χ4v) is 8.45. The monoisotopic (exact) mass is 594 g/mol. The van der Waals surface area contributed by atoms with Gasteiger partial charge in [-0.2, -0.15) is 22.0 Å². The molecule has 3 aliphatic heterocycles. The Bertz CT molecular complexity index is 1660. The fraction of sp³-hybridized carbons (Fsp3) is 0.429. The number of anilines is 3. The average Bonchev–Trinajstić information content (AvgIpc) is 3.64. The zero-order valence-electron chi connectivity index (χ0n) is 23.0. The molecule has 0 bridgehead atoms. The molecule has 11 nitrogen and oxygen atoms in total. The lowest BCUT2D eigenvalue weighted by Crippen LogP contribution is -2.49. The van der Waals surface area contributed by atoms with Crippen molar-refractivity contribution in [3.63, 3.8) is 0 Å². The molecule has 0 atom stereocenters. The second-order valence-corrected chi connectivity index (χ2v) is 13.8. The van der Waals surface area contributed by atoms with E-state index in [1.165, 1.54) is 10.6 Å². The molecule has 13 heteroatoms. The Kier molecular flexibility index (Phi) is 7.17. The number of nitrogens with one attached hydrogen (secondary N) is 2. The lowest BCUT2D eigenvalue weighted by molar-refractivity contribution is 0.0699. The number of aromatic amines is 1. The quantitative estimate of drug-likeness (QED) is 0.351. The smallest absolute Gasteiger partial charge is 0.282 e. The molecule has 2 N–H and O–H groups in total. The van der Waals surface area contributed by atoms with Crippen LogP contribution >= 0.6 is 11.3 Å². The molecular weight excluding hydrogens is 560 g/mol. The molecule has 2 saturated heterocycles. The summed E-state index contributed by atoms with van der Waals surface area (Å²) in [6.07, 6.45) is 2.57. The van der Waals surface area contributed by atoms with Gasteiger partial charge >= 0.3 is 0 Å². The average molecular weight is 595 g/mol. The maximum atomic E-state index is 13.3. The van der Waals surface area contributed by atoms with E-state index in [9.17, 15) is 8.42 Å². The molecule has 6 heterocycles. The van der Waals surface area contributed by atoms with Gasteiger partial charge < -0.3 is 24.8 Å². The highest BCUT2D eigenvalue weighted by atomic mass is 32.2. The summed E-state index contributed by atoms with van der Waals surface area (Å²) in [5.41, 5.74) is 4.77. The van der Waals surface area contributed by atoms with E-state index in [1.807, 2.05) is 18.3 Å². The Morgan fingerprint density at radius 3 is 2.63 bits per heavy atom. The molecule has 0 unspecified atom stereocenters. The maximum absolute atomic E-state index is 13.3.